The number of carbonyl (C=O) groups is 2. The van der Waals surface area contributed by atoms with Gasteiger partial charge in [0.1, 0.15) is 12.8 Å². The average Bonchev–Trinajstić information content (AvgIpc) is 3.18. The number of nitrogens with one attached hydrogen (secondary N) is 1. The van der Waals surface area contributed by atoms with E-state index in [-0.39, 0.29) is 13.0 Å². The second-order valence-electron chi connectivity index (χ2n) is 10.0. The Labute approximate surface area is 207 Å². The molecule has 13 nitrogen and oxygen atoms in total. The van der Waals surface area contributed by atoms with Gasteiger partial charge in [-0.3, -0.25) is 19.4 Å². The van der Waals surface area contributed by atoms with Crippen molar-refractivity contribution in [1.29, 1.82) is 0 Å². The van der Waals surface area contributed by atoms with Gasteiger partial charge in [-0.15, -0.1) is 9.05 Å². The molecule has 0 aromatic carbocycles. The van der Waals surface area contributed by atoms with Crippen LogP contribution >= 0.6 is 8.17 Å². The van der Waals surface area contributed by atoms with Crippen LogP contribution in [0.4, 0.5) is 4.39 Å². The van der Waals surface area contributed by atoms with Gasteiger partial charge >= 0.3 is 25.8 Å². The smallest absolute Gasteiger partial charge is 0.433 e. The first-order valence-electron chi connectivity index (χ1n) is 11.1. The minimum absolute atomic E-state index is 0.210. The van der Waals surface area contributed by atoms with Gasteiger partial charge in [-0.2, -0.15) is 13.8 Å². The summed E-state index contributed by atoms with van der Waals surface area (Å²) in [7, 11) is -4.18. The maximum atomic E-state index is 14.1. The number of hydrogen-bond acceptors (Lipinski definition) is 11. The third-order valence-electron chi connectivity index (χ3n) is 4.76. The molecule has 0 spiro atoms. The van der Waals surface area contributed by atoms with Crippen LogP contribution in [0.3, 0.4) is 0 Å². The summed E-state index contributed by atoms with van der Waals surface area (Å²) in [6.07, 6.45) is -1.23. The number of halogens is 1. The summed E-state index contributed by atoms with van der Waals surface area (Å²) in [4.78, 5) is 59.8. The van der Waals surface area contributed by atoms with Gasteiger partial charge in [0.15, 0.2) is 0 Å². The van der Waals surface area contributed by atoms with Gasteiger partial charge < -0.3 is 14.2 Å². The van der Waals surface area contributed by atoms with Crippen molar-refractivity contribution in [3.8, 4) is 0 Å². The topological polar surface area (TPSA) is 165 Å². The molecule has 0 bridgehead atoms. The Morgan fingerprint density at radius 2 is 1.58 bits per heavy atom. The van der Waals surface area contributed by atoms with Crippen molar-refractivity contribution in [3.05, 3.63) is 32.9 Å². The first-order valence-corrected chi connectivity index (χ1v) is 12.6. The van der Waals surface area contributed by atoms with Gasteiger partial charge in [0.2, 0.25) is 19.5 Å². The predicted octanol–water partition coefficient (Wildman–Crippen LogP) is 2.17. The van der Waals surface area contributed by atoms with Gasteiger partial charge in [0.05, 0.1) is 23.0 Å². The van der Waals surface area contributed by atoms with Gasteiger partial charge in [-0.25, -0.2) is 9.36 Å². The molecule has 0 radical (unpaired) electrons. The number of ether oxygens (including phenoxy) is 3. The normalized spacial score (nSPS) is 18.8. The third-order valence-corrected chi connectivity index (χ3v) is 6.10. The fourth-order valence-corrected chi connectivity index (χ4v) is 3.71. The molecule has 2 N–H and O–H groups in total. The fraction of sp³-hybridized carbons (Fsp3) is 0.714. The van der Waals surface area contributed by atoms with E-state index in [9.17, 15) is 28.5 Å². The molecule has 0 aliphatic carbocycles. The standard InChI is InChI=1S/C21H32FN2O11P/c1-20(2,3)17(26)30-11-33-36(29,34-12-31-18(27)21(4,5)6)32-10-13-7-8-16(35-13)24-14(22)9-15(25)23-19(24)28/h9,13,16,29H,7-8,10-12H2,1-6H3/p+1. The van der Waals surface area contributed by atoms with Crippen LogP contribution in [0, 0.1) is 16.8 Å². The Kier molecular flexibility index (Phi) is 9.91. The molecule has 1 saturated heterocycles. The van der Waals surface area contributed by atoms with E-state index in [0.717, 1.165) is 0 Å². The van der Waals surface area contributed by atoms with E-state index in [1.54, 1.807) is 41.5 Å². The van der Waals surface area contributed by atoms with Crippen LogP contribution in [0.25, 0.3) is 0 Å². The molecule has 36 heavy (non-hydrogen) atoms. The first kappa shape index (κ1) is 30.0. The number of aromatic nitrogens is 2. The van der Waals surface area contributed by atoms with Crippen molar-refractivity contribution in [1.82, 2.24) is 9.55 Å². The summed E-state index contributed by atoms with van der Waals surface area (Å²) < 4.78 is 46.0. The largest absolute Gasteiger partial charge is 0.579 e. The summed E-state index contributed by atoms with van der Waals surface area (Å²) in [6, 6.07) is 0.623. The predicted molar refractivity (Wildman–Crippen MR) is 123 cm³/mol. The SMILES string of the molecule is CC(C)(C)C(=O)OCO[P+](O)(OCOC(=O)C(C)(C)C)OCC1CCC(n2c(F)cc(=O)[nH]c2=O)O1. The molecule has 1 aromatic heterocycles. The van der Waals surface area contributed by atoms with Crippen molar-refractivity contribution in [2.24, 2.45) is 10.8 Å². The number of hydrogen-bond donors (Lipinski definition) is 2. The highest BCUT2D eigenvalue weighted by Gasteiger charge is 2.48. The Balaban J connectivity index is 2.01. The van der Waals surface area contributed by atoms with E-state index in [4.69, 9.17) is 27.8 Å². The summed E-state index contributed by atoms with van der Waals surface area (Å²) in [5, 5.41) is 0. The number of carbonyl (C=O) groups excluding carboxylic acids is 2. The van der Waals surface area contributed by atoms with Gasteiger partial charge in [0, 0.05) is 0 Å². The monoisotopic (exact) mass is 539 g/mol. The summed E-state index contributed by atoms with van der Waals surface area (Å²) in [5.74, 6) is -2.28. The number of esters is 2. The van der Waals surface area contributed by atoms with E-state index < -0.39 is 74.1 Å². The molecule has 1 aliphatic heterocycles. The Morgan fingerprint density at radius 1 is 1.06 bits per heavy atom. The molecular weight excluding hydrogens is 506 g/mol. The second-order valence-corrected chi connectivity index (χ2v) is 11.8. The Morgan fingerprint density at radius 3 is 2.06 bits per heavy atom. The summed E-state index contributed by atoms with van der Waals surface area (Å²) >= 11 is 0. The maximum Gasteiger partial charge on any atom is 0.579 e. The zero-order valence-electron chi connectivity index (χ0n) is 21.1. The van der Waals surface area contributed by atoms with E-state index in [2.05, 4.69) is 0 Å². The Bertz CT molecular complexity index is 1010. The van der Waals surface area contributed by atoms with Crippen LogP contribution in [-0.4, -0.2) is 52.7 Å². The fourth-order valence-electron chi connectivity index (χ4n) is 2.76. The lowest BCUT2D eigenvalue weighted by Crippen LogP contribution is -2.34. The minimum Gasteiger partial charge on any atom is -0.433 e. The van der Waals surface area contributed by atoms with E-state index in [0.29, 0.717) is 17.1 Å². The highest BCUT2D eigenvalue weighted by Crippen LogP contribution is 2.58. The second kappa shape index (κ2) is 11.9. The lowest BCUT2D eigenvalue weighted by Gasteiger charge is -2.20. The highest BCUT2D eigenvalue weighted by molar-refractivity contribution is 7.55. The van der Waals surface area contributed by atoms with E-state index >= 15 is 0 Å². The summed E-state index contributed by atoms with van der Waals surface area (Å²) in [5.41, 5.74) is -3.50. The third kappa shape index (κ3) is 8.71. The van der Waals surface area contributed by atoms with Crippen LogP contribution in [0.2, 0.25) is 0 Å². The van der Waals surface area contributed by atoms with Crippen LogP contribution in [0.1, 0.15) is 60.6 Å². The van der Waals surface area contributed by atoms with E-state index in [1.165, 1.54) is 0 Å². The molecule has 2 atom stereocenters. The average molecular weight is 539 g/mol. The summed E-state index contributed by atoms with van der Waals surface area (Å²) in [6.45, 7) is 8.01. The molecule has 0 saturated carbocycles. The zero-order valence-corrected chi connectivity index (χ0v) is 22.0. The molecule has 0 amide bonds. The number of H-pyrrole nitrogens is 1. The van der Waals surface area contributed by atoms with Crippen molar-refractivity contribution in [3.63, 3.8) is 0 Å². The van der Waals surface area contributed by atoms with Crippen LogP contribution in [0.5, 0.6) is 0 Å². The number of rotatable bonds is 10. The molecule has 2 heterocycles. The molecular formula is C21H33FN2O11P+. The number of nitrogens with zero attached hydrogens (tertiary/aromatic N) is 1. The lowest BCUT2D eigenvalue weighted by atomic mass is 9.98. The maximum absolute atomic E-state index is 14.1. The lowest BCUT2D eigenvalue weighted by molar-refractivity contribution is -0.165. The van der Waals surface area contributed by atoms with Crippen molar-refractivity contribution in [2.45, 2.75) is 66.7 Å². The molecule has 1 fully saturated rings. The highest BCUT2D eigenvalue weighted by atomic mass is 31.2. The molecule has 204 valence electrons. The van der Waals surface area contributed by atoms with Crippen molar-refractivity contribution >= 4 is 20.1 Å². The van der Waals surface area contributed by atoms with Crippen LogP contribution in [0.15, 0.2) is 15.7 Å². The van der Waals surface area contributed by atoms with Crippen molar-refractivity contribution < 1.29 is 46.7 Å². The van der Waals surface area contributed by atoms with Crippen LogP contribution in [-0.2, 0) is 37.4 Å². The zero-order chi connectivity index (χ0) is 27.3. The molecule has 1 aromatic rings. The molecule has 15 heteroatoms. The minimum atomic E-state index is -4.18. The molecule has 2 rings (SSSR count). The van der Waals surface area contributed by atoms with Gasteiger partial charge in [-0.05, 0) is 54.4 Å². The molecule has 2 unspecified atom stereocenters. The van der Waals surface area contributed by atoms with Crippen LogP contribution < -0.4 is 11.2 Å². The quantitative estimate of drug-likeness (QED) is 0.194. The number of aromatic amines is 1. The van der Waals surface area contributed by atoms with Crippen molar-refractivity contribution in [2.75, 3.05) is 20.2 Å². The van der Waals surface area contributed by atoms with Gasteiger partial charge in [0.25, 0.3) is 5.56 Å². The Hall–Kier alpha value is -2.22. The molecule has 1 aliphatic rings. The van der Waals surface area contributed by atoms with E-state index in [1.807, 2.05) is 4.98 Å². The first-order chi connectivity index (χ1) is 16.5. The van der Waals surface area contributed by atoms with Gasteiger partial charge in [-0.1, -0.05) is 0 Å².